The zero-order chi connectivity index (χ0) is 17.2. The zero-order valence-electron chi connectivity index (χ0n) is 13.4. The number of aromatic nitrogens is 2. The molecule has 4 aromatic rings. The number of rotatable bonds is 3. The normalized spacial score (nSPS) is 10.8. The Balaban J connectivity index is 2.06. The van der Waals surface area contributed by atoms with Gasteiger partial charge in [0.15, 0.2) is 0 Å². The fraction of sp³-hybridized carbons (Fsp3) is 0. The summed E-state index contributed by atoms with van der Waals surface area (Å²) in [7, 11) is -1.58. The molecule has 0 aliphatic carbocycles. The lowest BCUT2D eigenvalue weighted by atomic mass is 9.76. The van der Waals surface area contributed by atoms with Crippen molar-refractivity contribution in [2.45, 2.75) is 0 Å². The minimum absolute atomic E-state index is 0.407. The highest BCUT2D eigenvalue weighted by atomic mass is 16.4. The van der Waals surface area contributed by atoms with E-state index in [1.807, 2.05) is 66.7 Å². The van der Waals surface area contributed by atoms with Crippen molar-refractivity contribution in [1.82, 2.24) is 9.97 Å². The largest absolute Gasteiger partial charge is 0.489 e. The highest BCUT2D eigenvalue weighted by Gasteiger charge is 2.21. The van der Waals surface area contributed by atoms with Crippen LogP contribution in [0, 0.1) is 0 Å². The van der Waals surface area contributed by atoms with Crippen LogP contribution in [0.3, 0.4) is 0 Å². The topological polar surface area (TPSA) is 66.2 Å². The molecular weight excluding hydrogens is 311 g/mol. The Bertz CT molecular complexity index is 1040. The Morgan fingerprint density at radius 1 is 0.600 bits per heavy atom. The summed E-state index contributed by atoms with van der Waals surface area (Å²) in [5.41, 5.74) is 4.91. The molecule has 0 radical (unpaired) electrons. The third kappa shape index (κ3) is 2.91. The standard InChI is InChI=1S/C20H15BN2O2/c24-21(25)16-11-5-4-10-15(16)20-19(14-8-2-1-3-9-14)22-17-12-6-7-13-18(17)23-20/h1-13,24-25H. The van der Waals surface area contributed by atoms with Crippen LogP contribution in [0.1, 0.15) is 0 Å². The van der Waals surface area contributed by atoms with Crippen LogP contribution in [0.25, 0.3) is 33.5 Å². The van der Waals surface area contributed by atoms with Crippen molar-refractivity contribution in [2.75, 3.05) is 0 Å². The summed E-state index contributed by atoms with van der Waals surface area (Å²) in [6.07, 6.45) is 0. The van der Waals surface area contributed by atoms with Gasteiger partial charge in [-0.1, -0.05) is 66.7 Å². The van der Waals surface area contributed by atoms with Crippen LogP contribution in [0.2, 0.25) is 0 Å². The molecule has 25 heavy (non-hydrogen) atoms. The van der Waals surface area contributed by atoms with Gasteiger partial charge in [0.05, 0.1) is 22.4 Å². The second-order valence-electron chi connectivity index (χ2n) is 5.74. The third-order valence-electron chi connectivity index (χ3n) is 4.11. The molecule has 0 saturated heterocycles. The van der Waals surface area contributed by atoms with Crippen molar-refractivity contribution in [3.8, 4) is 22.5 Å². The van der Waals surface area contributed by atoms with E-state index >= 15 is 0 Å². The fourth-order valence-electron chi connectivity index (χ4n) is 2.92. The van der Waals surface area contributed by atoms with Crippen molar-refractivity contribution < 1.29 is 10.0 Å². The summed E-state index contributed by atoms with van der Waals surface area (Å²) in [5, 5.41) is 19.5. The molecule has 0 amide bonds. The molecule has 0 saturated carbocycles. The first kappa shape index (κ1) is 15.5. The van der Waals surface area contributed by atoms with E-state index in [2.05, 4.69) is 0 Å². The van der Waals surface area contributed by atoms with Crippen molar-refractivity contribution in [1.29, 1.82) is 0 Å². The Labute approximate surface area is 145 Å². The molecule has 0 atom stereocenters. The van der Waals surface area contributed by atoms with E-state index in [0.29, 0.717) is 22.4 Å². The summed E-state index contributed by atoms with van der Waals surface area (Å²) in [6, 6.07) is 24.6. The highest BCUT2D eigenvalue weighted by Crippen LogP contribution is 2.30. The van der Waals surface area contributed by atoms with E-state index in [9.17, 15) is 10.0 Å². The number of benzene rings is 3. The van der Waals surface area contributed by atoms with E-state index in [1.54, 1.807) is 12.1 Å². The number of fused-ring (bicyclic) bond motifs is 1. The van der Waals surface area contributed by atoms with E-state index in [1.165, 1.54) is 0 Å². The van der Waals surface area contributed by atoms with E-state index < -0.39 is 7.12 Å². The molecule has 4 nitrogen and oxygen atoms in total. The summed E-state index contributed by atoms with van der Waals surface area (Å²) in [5.74, 6) is 0. The Hall–Kier alpha value is -3.02. The second-order valence-corrected chi connectivity index (χ2v) is 5.74. The van der Waals surface area contributed by atoms with Gasteiger partial charge in [-0.15, -0.1) is 0 Å². The van der Waals surface area contributed by atoms with Crippen LogP contribution in [0.15, 0.2) is 78.9 Å². The van der Waals surface area contributed by atoms with Crippen molar-refractivity contribution in [3.63, 3.8) is 0 Å². The Kier molecular flexibility index (Phi) is 4.02. The first-order valence-electron chi connectivity index (χ1n) is 8.01. The van der Waals surface area contributed by atoms with Crippen molar-refractivity contribution in [3.05, 3.63) is 78.9 Å². The van der Waals surface area contributed by atoms with Crippen LogP contribution >= 0.6 is 0 Å². The van der Waals surface area contributed by atoms with Crippen molar-refractivity contribution >= 4 is 23.6 Å². The molecule has 0 unspecified atom stereocenters. The molecule has 3 aromatic carbocycles. The number of para-hydroxylation sites is 2. The number of nitrogens with zero attached hydrogens (tertiary/aromatic N) is 2. The molecule has 0 spiro atoms. The fourth-order valence-corrected chi connectivity index (χ4v) is 2.92. The van der Waals surface area contributed by atoms with Crippen LogP contribution in [0.4, 0.5) is 0 Å². The smallest absolute Gasteiger partial charge is 0.423 e. The SMILES string of the molecule is OB(O)c1ccccc1-c1nc2ccccc2nc1-c1ccccc1. The van der Waals surface area contributed by atoms with Crippen LogP contribution in [-0.4, -0.2) is 27.1 Å². The Morgan fingerprint density at radius 2 is 1.16 bits per heavy atom. The predicted molar refractivity (Wildman–Crippen MR) is 100 cm³/mol. The molecule has 0 aliphatic rings. The Morgan fingerprint density at radius 3 is 1.84 bits per heavy atom. The first-order chi connectivity index (χ1) is 12.2. The molecule has 4 rings (SSSR count). The average molecular weight is 326 g/mol. The summed E-state index contributed by atoms with van der Waals surface area (Å²) in [4.78, 5) is 9.58. The lowest BCUT2D eigenvalue weighted by Gasteiger charge is -2.13. The second kappa shape index (κ2) is 6.47. The zero-order valence-corrected chi connectivity index (χ0v) is 13.4. The van der Waals surface area contributed by atoms with Crippen LogP contribution in [-0.2, 0) is 0 Å². The third-order valence-corrected chi connectivity index (χ3v) is 4.11. The molecule has 2 N–H and O–H groups in total. The number of hydrogen-bond acceptors (Lipinski definition) is 4. The van der Waals surface area contributed by atoms with Crippen molar-refractivity contribution in [2.24, 2.45) is 0 Å². The molecule has 1 aromatic heterocycles. The monoisotopic (exact) mass is 326 g/mol. The maximum Gasteiger partial charge on any atom is 0.489 e. The van der Waals surface area contributed by atoms with Gasteiger partial charge in [0, 0.05) is 11.1 Å². The highest BCUT2D eigenvalue weighted by molar-refractivity contribution is 6.60. The summed E-state index contributed by atoms with van der Waals surface area (Å²) in [6.45, 7) is 0. The minimum atomic E-state index is -1.58. The van der Waals surface area contributed by atoms with Crippen LogP contribution < -0.4 is 5.46 Å². The molecule has 0 fully saturated rings. The first-order valence-corrected chi connectivity index (χ1v) is 8.01. The molecule has 0 aliphatic heterocycles. The summed E-state index contributed by atoms with van der Waals surface area (Å²) < 4.78 is 0. The average Bonchev–Trinajstić information content (AvgIpc) is 2.67. The van der Waals surface area contributed by atoms with Gasteiger partial charge in [0.25, 0.3) is 0 Å². The van der Waals surface area contributed by atoms with Gasteiger partial charge in [-0.25, -0.2) is 9.97 Å². The molecule has 0 bridgehead atoms. The lowest BCUT2D eigenvalue weighted by molar-refractivity contribution is 0.426. The van der Waals surface area contributed by atoms with Gasteiger partial charge in [0.2, 0.25) is 0 Å². The van der Waals surface area contributed by atoms with E-state index in [0.717, 1.165) is 16.6 Å². The lowest BCUT2D eigenvalue weighted by Crippen LogP contribution is -2.31. The predicted octanol–water partition coefficient (Wildman–Crippen LogP) is 2.64. The maximum atomic E-state index is 9.75. The van der Waals surface area contributed by atoms with Crippen LogP contribution in [0.5, 0.6) is 0 Å². The van der Waals surface area contributed by atoms with Gasteiger partial charge in [-0.2, -0.15) is 0 Å². The molecule has 120 valence electrons. The quantitative estimate of drug-likeness (QED) is 0.568. The van der Waals surface area contributed by atoms with Gasteiger partial charge in [0.1, 0.15) is 0 Å². The van der Waals surface area contributed by atoms with E-state index in [-0.39, 0.29) is 0 Å². The van der Waals surface area contributed by atoms with Gasteiger partial charge >= 0.3 is 7.12 Å². The maximum absolute atomic E-state index is 9.75. The summed E-state index contributed by atoms with van der Waals surface area (Å²) >= 11 is 0. The van der Waals surface area contributed by atoms with Gasteiger partial charge in [-0.3, -0.25) is 0 Å². The van der Waals surface area contributed by atoms with Gasteiger partial charge < -0.3 is 10.0 Å². The van der Waals surface area contributed by atoms with E-state index in [4.69, 9.17) is 9.97 Å². The molecule has 1 heterocycles. The minimum Gasteiger partial charge on any atom is -0.423 e. The number of hydrogen-bond donors (Lipinski definition) is 2. The van der Waals surface area contributed by atoms with Gasteiger partial charge in [-0.05, 0) is 17.6 Å². The molecular formula is C20H15BN2O2. The molecule has 5 heteroatoms.